The number of benzene rings is 1. The third-order valence-corrected chi connectivity index (χ3v) is 2.42. The van der Waals surface area contributed by atoms with Crippen LogP contribution < -0.4 is 5.73 Å². The molecule has 15 heavy (non-hydrogen) atoms. The molecule has 0 saturated heterocycles. The predicted octanol–water partition coefficient (Wildman–Crippen LogP) is 2.87. The largest absolute Gasteiger partial charge is 0.327 e. The summed E-state index contributed by atoms with van der Waals surface area (Å²) < 4.78 is 0. The number of hydrogen-bond donors (Lipinski definition) is 1. The summed E-state index contributed by atoms with van der Waals surface area (Å²) in [5.41, 5.74) is 5.55. The van der Waals surface area contributed by atoms with Crippen LogP contribution >= 0.6 is 23.2 Å². The molecule has 0 radical (unpaired) electrons. The molecule has 0 aliphatic carbocycles. The fraction of sp³-hybridized carbons (Fsp3) is 0.111. The lowest BCUT2D eigenvalue weighted by Gasteiger charge is -2.00. The third kappa shape index (κ3) is 2.92. The molecule has 0 atom stereocenters. The Morgan fingerprint density at radius 1 is 1.40 bits per heavy atom. The van der Waals surface area contributed by atoms with Gasteiger partial charge in [-0.05, 0) is 6.07 Å². The molecule has 6 heteroatoms. The fourth-order valence-corrected chi connectivity index (χ4v) is 1.37. The second-order valence-corrected chi connectivity index (χ2v) is 3.53. The van der Waals surface area contributed by atoms with E-state index in [1.54, 1.807) is 12.2 Å². The van der Waals surface area contributed by atoms with Crippen molar-refractivity contribution in [1.29, 1.82) is 0 Å². The van der Waals surface area contributed by atoms with Crippen LogP contribution in [-0.2, 0) is 0 Å². The average Bonchev–Trinajstić information content (AvgIpc) is 2.19. The summed E-state index contributed by atoms with van der Waals surface area (Å²) in [6, 6.07) is 2.66. The summed E-state index contributed by atoms with van der Waals surface area (Å²) in [5.74, 6) is 0. The molecular weight excluding hydrogens is 239 g/mol. The van der Waals surface area contributed by atoms with Crippen molar-refractivity contribution in [2.75, 3.05) is 6.54 Å². The molecule has 0 bridgehead atoms. The summed E-state index contributed by atoms with van der Waals surface area (Å²) in [5, 5.41) is 11.1. The Hall–Kier alpha value is -1.10. The van der Waals surface area contributed by atoms with Crippen LogP contribution in [0.25, 0.3) is 6.08 Å². The minimum atomic E-state index is -0.515. The predicted molar refractivity (Wildman–Crippen MR) is 61.2 cm³/mol. The number of nitro groups is 1. The third-order valence-electron chi connectivity index (χ3n) is 1.70. The molecule has 0 spiro atoms. The molecular formula is C9H8Cl2N2O2. The molecule has 0 amide bonds. The Bertz CT molecular complexity index is 419. The normalized spacial score (nSPS) is 10.9. The lowest BCUT2D eigenvalue weighted by molar-refractivity contribution is -0.385. The highest BCUT2D eigenvalue weighted by Crippen LogP contribution is 2.31. The van der Waals surface area contributed by atoms with Gasteiger partial charge < -0.3 is 5.73 Å². The summed E-state index contributed by atoms with van der Waals surface area (Å²) in [6.07, 6.45) is 3.15. The van der Waals surface area contributed by atoms with Crippen LogP contribution in [-0.4, -0.2) is 11.5 Å². The van der Waals surface area contributed by atoms with E-state index in [9.17, 15) is 10.1 Å². The van der Waals surface area contributed by atoms with E-state index in [1.165, 1.54) is 12.1 Å². The fourth-order valence-electron chi connectivity index (χ4n) is 1.04. The maximum Gasteiger partial charge on any atom is 0.278 e. The van der Waals surface area contributed by atoms with Gasteiger partial charge in [-0.25, -0.2) is 0 Å². The van der Waals surface area contributed by atoms with E-state index in [1.807, 2.05) is 0 Å². The molecule has 0 aliphatic rings. The smallest absolute Gasteiger partial charge is 0.278 e. The molecule has 0 saturated carbocycles. The minimum Gasteiger partial charge on any atom is -0.327 e. The van der Waals surface area contributed by atoms with E-state index in [-0.39, 0.29) is 15.7 Å². The van der Waals surface area contributed by atoms with Crippen LogP contribution in [0.2, 0.25) is 10.0 Å². The van der Waals surface area contributed by atoms with Crippen molar-refractivity contribution >= 4 is 35.0 Å². The SMILES string of the molecule is NCC=Cc1cc(Cl)c(Cl)cc1[N+](=O)[O-]. The van der Waals surface area contributed by atoms with E-state index in [2.05, 4.69) is 0 Å². The Kier molecular flexibility index (Phi) is 4.08. The van der Waals surface area contributed by atoms with Crippen LogP contribution in [0, 0.1) is 10.1 Å². The maximum absolute atomic E-state index is 10.7. The summed E-state index contributed by atoms with van der Waals surface area (Å²) in [4.78, 5) is 10.2. The molecule has 1 aromatic rings. The van der Waals surface area contributed by atoms with Gasteiger partial charge in [0.2, 0.25) is 0 Å². The van der Waals surface area contributed by atoms with Crippen molar-refractivity contribution in [3.63, 3.8) is 0 Å². The Morgan fingerprint density at radius 3 is 2.53 bits per heavy atom. The average molecular weight is 247 g/mol. The second kappa shape index (κ2) is 5.11. The van der Waals surface area contributed by atoms with Gasteiger partial charge in [-0.3, -0.25) is 10.1 Å². The van der Waals surface area contributed by atoms with Crippen molar-refractivity contribution < 1.29 is 4.92 Å². The van der Waals surface area contributed by atoms with Crippen molar-refractivity contribution in [2.45, 2.75) is 0 Å². The van der Waals surface area contributed by atoms with Gasteiger partial charge in [-0.2, -0.15) is 0 Å². The molecule has 4 nitrogen and oxygen atoms in total. The van der Waals surface area contributed by atoms with Crippen LogP contribution in [0.5, 0.6) is 0 Å². The highest BCUT2D eigenvalue weighted by molar-refractivity contribution is 6.42. The Balaban J connectivity index is 3.28. The summed E-state index contributed by atoms with van der Waals surface area (Å²) in [7, 11) is 0. The van der Waals surface area contributed by atoms with Crippen LogP contribution in [0.4, 0.5) is 5.69 Å². The van der Waals surface area contributed by atoms with Gasteiger partial charge in [-0.15, -0.1) is 0 Å². The maximum atomic E-state index is 10.7. The molecule has 80 valence electrons. The number of nitrogens with two attached hydrogens (primary N) is 1. The number of hydrogen-bond acceptors (Lipinski definition) is 3. The van der Waals surface area contributed by atoms with Crippen LogP contribution in [0.3, 0.4) is 0 Å². The second-order valence-electron chi connectivity index (χ2n) is 2.72. The van der Waals surface area contributed by atoms with Gasteiger partial charge in [0, 0.05) is 12.6 Å². The molecule has 1 aromatic carbocycles. The number of nitro benzene ring substituents is 1. The minimum absolute atomic E-state index is 0.0888. The number of halogens is 2. The van der Waals surface area contributed by atoms with E-state index in [4.69, 9.17) is 28.9 Å². The first-order valence-electron chi connectivity index (χ1n) is 4.06. The van der Waals surface area contributed by atoms with E-state index in [0.29, 0.717) is 12.1 Å². The standard InChI is InChI=1S/C9H8Cl2N2O2/c10-7-4-6(2-1-3-12)9(13(14)15)5-8(7)11/h1-2,4-5H,3,12H2. The molecule has 0 heterocycles. The molecule has 0 aliphatic heterocycles. The molecule has 0 aromatic heterocycles. The highest BCUT2D eigenvalue weighted by atomic mass is 35.5. The molecule has 0 fully saturated rings. The Morgan fingerprint density at radius 2 is 2.00 bits per heavy atom. The van der Waals surface area contributed by atoms with Crippen molar-refractivity contribution in [1.82, 2.24) is 0 Å². The molecule has 0 unspecified atom stereocenters. The summed E-state index contributed by atoms with van der Waals surface area (Å²) in [6.45, 7) is 0.303. The lowest BCUT2D eigenvalue weighted by Crippen LogP contribution is -1.94. The quantitative estimate of drug-likeness (QED) is 0.659. The first-order valence-corrected chi connectivity index (χ1v) is 4.82. The van der Waals surface area contributed by atoms with E-state index in [0.717, 1.165) is 0 Å². The Labute approximate surface area is 96.4 Å². The number of nitrogens with zero attached hydrogens (tertiary/aromatic N) is 1. The van der Waals surface area contributed by atoms with Gasteiger partial charge >= 0.3 is 0 Å². The van der Waals surface area contributed by atoms with Crippen molar-refractivity contribution in [3.8, 4) is 0 Å². The zero-order chi connectivity index (χ0) is 11.4. The van der Waals surface area contributed by atoms with Gasteiger partial charge in [-0.1, -0.05) is 35.4 Å². The lowest BCUT2D eigenvalue weighted by atomic mass is 10.1. The van der Waals surface area contributed by atoms with Gasteiger partial charge in [0.15, 0.2) is 0 Å². The highest BCUT2D eigenvalue weighted by Gasteiger charge is 2.14. The van der Waals surface area contributed by atoms with Gasteiger partial charge in [0.1, 0.15) is 0 Å². The zero-order valence-electron chi connectivity index (χ0n) is 7.61. The van der Waals surface area contributed by atoms with Crippen LogP contribution in [0.1, 0.15) is 5.56 Å². The zero-order valence-corrected chi connectivity index (χ0v) is 9.13. The first kappa shape index (κ1) is 12.0. The van der Waals surface area contributed by atoms with Crippen LogP contribution in [0.15, 0.2) is 18.2 Å². The monoisotopic (exact) mass is 246 g/mol. The van der Waals surface area contributed by atoms with Gasteiger partial charge in [0.05, 0.1) is 20.5 Å². The first-order chi connectivity index (χ1) is 7.06. The van der Waals surface area contributed by atoms with Crippen molar-refractivity contribution in [3.05, 3.63) is 43.9 Å². The van der Waals surface area contributed by atoms with E-state index >= 15 is 0 Å². The number of rotatable bonds is 3. The van der Waals surface area contributed by atoms with E-state index < -0.39 is 4.92 Å². The molecule has 2 N–H and O–H groups in total. The summed E-state index contributed by atoms with van der Waals surface area (Å²) >= 11 is 11.4. The van der Waals surface area contributed by atoms with Gasteiger partial charge in [0.25, 0.3) is 5.69 Å². The topological polar surface area (TPSA) is 69.2 Å². The molecule has 1 rings (SSSR count). The van der Waals surface area contributed by atoms with Crippen molar-refractivity contribution in [2.24, 2.45) is 5.73 Å².